The molecule has 0 radical (unpaired) electrons. The minimum Gasteiger partial charge on any atom is -0.322 e. The monoisotopic (exact) mass is 464 g/mol. The van der Waals surface area contributed by atoms with Crippen LogP contribution in [-0.4, -0.2) is 20.4 Å². The van der Waals surface area contributed by atoms with Crippen molar-refractivity contribution in [1.29, 1.82) is 0 Å². The number of hydrogen-bond donors (Lipinski definition) is 2. The molecule has 0 atom stereocenters. The zero-order chi connectivity index (χ0) is 22.6. The van der Waals surface area contributed by atoms with Crippen LogP contribution in [0.5, 0.6) is 0 Å². The third kappa shape index (κ3) is 3.92. The SMILES string of the molecule is O=C(Nc1ccc(F)c(F)c1)c1cc(S(=O)(=O)NC2C3CC4CC(C3)CC2C4)ccc1F. The number of anilines is 1. The predicted molar refractivity (Wildman–Crippen MR) is 112 cm³/mol. The van der Waals surface area contributed by atoms with Crippen molar-refractivity contribution in [3.63, 3.8) is 0 Å². The summed E-state index contributed by atoms with van der Waals surface area (Å²) < 4.78 is 69.8. The first-order valence-corrected chi connectivity index (χ1v) is 12.3. The highest BCUT2D eigenvalue weighted by Crippen LogP contribution is 2.53. The number of halogens is 3. The average molecular weight is 465 g/mol. The van der Waals surface area contributed by atoms with Gasteiger partial charge < -0.3 is 5.32 Å². The molecule has 1 amide bonds. The van der Waals surface area contributed by atoms with E-state index in [9.17, 15) is 26.4 Å². The van der Waals surface area contributed by atoms with Gasteiger partial charge in [-0.1, -0.05) is 0 Å². The molecule has 4 aliphatic rings. The Kier molecular flexibility index (Phi) is 5.28. The number of nitrogens with one attached hydrogen (secondary N) is 2. The lowest BCUT2D eigenvalue weighted by Crippen LogP contribution is -2.55. The third-order valence-electron chi connectivity index (χ3n) is 7.19. The molecule has 2 aromatic carbocycles. The molecule has 32 heavy (non-hydrogen) atoms. The highest BCUT2D eigenvalue weighted by molar-refractivity contribution is 7.89. The highest BCUT2D eigenvalue weighted by atomic mass is 32.2. The van der Waals surface area contributed by atoms with Crippen LogP contribution in [0.25, 0.3) is 0 Å². The van der Waals surface area contributed by atoms with Crippen molar-refractivity contribution in [2.24, 2.45) is 23.7 Å². The summed E-state index contributed by atoms with van der Waals surface area (Å²) in [6, 6.07) is 5.60. The number of carbonyl (C=O) groups is 1. The Bertz CT molecular complexity index is 1160. The van der Waals surface area contributed by atoms with E-state index in [1.54, 1.807) is 0 Å². The summed E-state index contributed by atoms with van der Waals surface area (Å²) in [6.07, 6.45) is 5.38. The van der Waals surface area contributed by atoms with Crippen molar-refractivity contribution < 1.29 is 26.4 Å². The third-order valence-corrected chi connectivity index (χ3v) is 8.65. The quantitative estimate of drug-likeness (QED) is 0.686. The molecule has 0 unspecified atom stereocenters. The second-order valence-corrected chi connectivity index (χ2v) is 11.0. The molecule has 4 saturated carbocycles. The minimum atomic E-state index is -3.97. The fourth-order valence-corrected chi connectivity index (χ4v) is 7.38. The summed E-state index contributed by atoms with van der Waals surface area (Å²) in [5.41, 5.74) is -0.573. The van der Waals surface area contributed by atoms with E-state index < -0.39 is 38.9 Å². The van der Waals surface area contributed by atoms with E-state index in [0.717, 1.165) is 62.1 Å². The van der Waals surface area contributed by atoms with Crippen LogP contribution in [0.15, 0.2) is 41.3 Å². The van der Waals surface area contributed by atoms with Gasteiger partial charge >= 0.3 is 0 Å². The standard InChI is InChI=1S/C23H23F3N2O3S/c24-19-4-2-17(11-18(19)23(29)27-16-1-3-20(25)21(26)10-16)32(30,31)28-22-14-6-12-5-13(8-14)9-15(22)7-12/h1-4,10-15,22,28H,5-9H2,(H,27,29). The van der Waals surface area contributed by atoms with Gasteiger partial charge in [-0.25, -0.2) is 26.3 Å². The molecule has 9 heteroatoms. The maximum Gasteiger partial charge on any atom is 0.258 e. The molecule has 170 valence electrons. The molecule has 6 rings (SSSR count). The van der Waals surface area contributed by atoms with E-state index in [2.05, 4.69) is 10.0 Å². The average Bonchev–Trinajstić information content (AvgIpc) is 2.73. The lowest BCUT2D eigenvalue weighted by atomic mass is 9.54. The van der Waals surface area contributed by atoms with E-state index in [1.807, 2.05) is 0 Å². The van der Waals surface area contributed by atoms with E-state index >= 15 is 0 Å². The van der Waals surface area contributed by atoms with Gasteiger partial charge in [-0.15, -0.1) is 0 Å². The van der Waals surface area contributed by atoms with E-state index in [1.165, 1.54) is 6.42 Å². The molecule has 0 aromatic heterocycles. The molecular formula is C23H23F3N2O3S. The number of amides is 1. The fraction of sp³-hybridized carbons (Fsp3) is 0.435. The first-order chi connectivity index (χ1) is 15.2. The largest absolute Gasteiger partial charge is 0.322 e. The summed E-state index contributed by atoms with van der Waals surface area (Å²) >= 11 is 0. The lowest BCUT2D eigenvalue weighted by Gasteiger charge is -2.54. The van der Waals surface area contributed by atoms with Gasteiger partial charge in [0, 0.05) is 17.8 Å². The van der Waals surface area contributed by atoms with Crippen LogP contribution in [0.3, 0.4) is 0 Å². The lowest BCUT2D eigenvalue weighted by molar-refractivity contribution is -0.00557. The fourth-order valence-electron chi connectivity index (χ4n) is 5.98. The van der Waals surface area contributed by atoms with Gasteiger partial charge in [0.15, 0.2) is 11.6 Å². The number of sulfonamides is 1. The summed E-state index contributed by atoms with van der Waals surface area (Å²) in [5, 5.41) is 2.27. The Morgan fingerprint density at radius 3 is 2.06 bits per heavy atom. The van der Waals surface area contributed by atoms with Crippen LogP contribution < -0.4 is 10.0 Å². The molecule has 0 saturated heterocycles. The summed E-state index contributed by atoms with van der Waals surface area (Å²) in [7, 11) is -3.97. The molecule has 2 N–H and O–H groups in total. The van der Waals surface area contributed by atoms with Gasteiger partial charge in [-0.3, -0.25) is 4.79 Å². The Morgan fingerprint density at radius 2 is 1.44 bits per heavy atom. The second-order valence-electron chi connectivity index (χ2n) is 9.30. The van der Waals surface area contributed by atoms with E-state index in [0.29, 0.717) is 23.7 Å². The number of hydrogen-bond acceptors (Lipinski definition) is 3. The summed E-state index contributed by atoms with van der Waals surface area (Å²) in [6.45, 7) is 0. The maximum atomic E-state index is 14.3. The van der Waals surface area contributed by atoms with Crippen LogP contribution >= 0.6 is 0 Å². The van der Waals surface area contributed by atoms with Crippen LogP contribution in [0, 0.1) is 41.1 Å². The maximum absolute atomic E-state index is 14.3. The van der Waals surface area contributed by atoms with Gasteiger partial charge in [-0.2, -0.15) is 0 Å². The summed E-state index contributed by atoms with van der Waals surface area (Å²) in [4.78, 5) is 12.3. The van der Waals surface area contributed by atoms with Crippen molar-refractivity contribution in [1.82, 2.24) is 4.72 Å². The van der Waals surface area contributed by atoms with Crippen molar-refractivity contribution in [2.45, 2.75) is 43.0 Å². The zero-order valence-electron chi connectivity index (χ0n) is 17.2. The van der Waals surface area contributed by atoms with Gasteiger partial charge in [0.1, 0.15) is 5.82 Å². The molecule has 2 aromatic rings. The van der Waals surface area contributed by atoms with Crippen molar-refractivity contribution in [3.8, 4) is 0 Å². The van der Waals surface area contributed by atoms with Crippen LogP contribution in [-0.2, 0) is 10.0 Å². The van der Waals surface area contributed by atoms with Gasteiger partial charge in [0.2, 0.25) is 10.0 Å². The van der Waals surface area contributed by atoms with Crippen LogP contribution in [0.1, 0.15) is 42.5 Å². The van der Waals surface area contributed by atoms with Gasteiger partial charge in [0.25, 0.3) is 5.91 Å². The first-order valence-electron chi connectivity index (χ1n) is 10.8. The van der Waals surface area contributed by atoms with Gasteiger partial charge in [0.05, 0.1) is 10.5 Å². The zero-order valence-corrected chi connectivity index (χ0v) is 18.0. The number of benzene rings is 2. The van der Waals surface area contributed by atoms with Crippen LogP contribution in [0.4, 0.5) is 18.9 Å². The molecule has 4 aliphatic carbocycles. The second kappa shape index (κ2) is 7.88. The first kappa shape index (κ1) is 21.5. The molecule has 0 aliphatic heterocycles. The Labute approximate surface area is 184 Å². The Balaban J connectivity index is 1.36. The molecule has 0 spiro atoms. The van der Waals surface area contributed by atoms with Crippen molar-refractivity contribution >= 4 is 21.6 Å². The normalized spacial score (nSPS) is 28.7. The molecular weight excluding hydrogens is 441 g/mol. The van der Waals surface area contributed by atoms with Crippen LogP contribution in [0.2, 0.25) is 0 Å². The smallest absolute Gasteiger partial charge is 0.258 e. The number of carbonyl (C=O) groups excluding carboxylic acids is 1. The minimum absolute atomic E-state index is 0.0757. The molecule has 4 bridgehead atoms. The van der Waals surface area contributed by atoms with E-state index in [-0.39, 0.29) is 16.6 Å². The summed E-state index contributed by atoms with van der Waals surface area (Å²) in [5.74, 6) is -2.11. The van der Waals surface area contributed by atoms with Crippen molar-refractivity contribution in [2.75, 3.05) is 5.32 Å². The predicted octanol–water partition coefficient (Wildman–Crippen LogP) is 4.46. The van der Waals surface area contributed by atoms with E-state index in [4.69, 9.17) is 0 Å². The molecule has 4 fully saturated rings. The topological polar surface area (TPSA) is 75.3 Å². The molecule has 0 heterocycles. The number of rotatable bonds is 5. The van der Waals surface area contributed by atoms with Gasteiger partial charge in [-0.05, 0) is 86.1 Å². The molecule has 5 nitrogen and oxygen atoms in total. The Morgan fingerprint density at radius 1 is 0.812 bits per heavy atom. The van der Waals surface area contributed by atoms with Crippen molar-refractivity contribution in [3.05, 3.63) is 59.4 Å². The highest BCUT2D eigenvalue weighted by Gasteiger charge is 2.49. The Hall–Kier alpha value is -2.39.